The van der Waals surface area contributed by atoms with Crippen LogP contribution in [0.4, 0.5) is 0 Å². The van der Waals surface area contributed by atoms with Crippen molar-refractivity contribution in [3.05, 3.63) is 87.6 Å². The second kappa shape index (κ2) is 8.91. The predicted octanol–water partition coefficient (Wildman–Crippen LogP) is 4.48. The van der Waals surface area contributed by atoms with Gasteiger partial charge in [-0.3, -0.25) is 9.20 Å². The van der Waals surface area contributed by atoms with Crippen LogP contribution in [-0.4, -0.2) is 30.3 Å². The molecule has 7 nitrogen and oxygen atoms in total. The first-order valence-electron chi connectivity index (χ1n) is 9.68. The first kappa shape index (κ1) is 21.1. The topological polar surface area (TPSA) is 77.1 Å². The Morgan fingerprint density at radius 2 is 1.94 bits per heavy atom. The van der Waals surface area contributed by atoms with Crippen LogP contribution >= 0.6 is 23.2 Å². The number of amides is 1. The zero-order valence-corrected chi connectivity index (χ0v) is 18.5. The average molecular weight is 455 g/mol. The molecule has 3 heterocycles. The molecule has 4 rings (SSSR count). The largest absolute Gasteiger partial charge is 0.343 e. The molecule has 3 aromatic heterocycles. The lowest BCUT2D eigenvalue weighted by Gasteiger charge is -2.10. The summed E-state index contributed by atoms with van der Waals surface area (Å²) in [5.74, 6) is 0.392. The summed E-state index contributed by atoms with van der Waals surface area (Å²) in [5, 5.41) is 16.8. The average Bonchev–Trinajstić information content (AvgIpc) is 3.29. The summed E-state index contributed by atoms with van der Waals surface area (Å²) < 4.78 is 3.54. The van der Waals surface area contributed by atoms with Gasteiger partial charge in [0, 0.05) is 22.9 Å². The van der Waals surface area contributed by atoms with Gasteiger partial charge in [0.25, 0.3) is 0 Å². The molecule has 0 aliphatic rings. The molecule has 1 atom stereocenters. The smallest absolute Gasteiger partial charge is 0.244 e. The number of rotatable bonds is 6. The van der Waals surface area contributed by atoms with Crippen LogP contribution in [0, 0.1) is 6.92 Å². The third kappa shape index (κ3) is 4.62. The molecule has 1 amide bonds. The second-order valence-electron chi connectivity index (χ2n) is 7.12. The Morgan fingerprint density at radius 3 is 2.71 bits per heavy atom. The van der Waals surface area contributed by atoms with Crippen molar-refractivity contribution in [2.45, 2.75) is 26.4 Å². The molecule has 0 radical (unpaired) electrons. The summed E-state index contributed by atoms with van der Waals surface area (Å²) in [6.07, 6.45) is 4.98. The SMILES string of the molecule is Cc1nn(Cc2ccc(Cl)cc2)c(Cl)c1/C=C/C(=O)NC(C)c1nnc2ccccn12. The van der Waals surface area contributed by atoms with E-state index in [0.717, 1.165) is 16.9 Å². The minimum absolute atomic E-state index is 0.263. The maximum Gasteiger partial charge on any atom is 0.244 e. The summed E-state index contributed by atoms with van der Waals surface area (Å²) in [7, 11) is 0. The van der Waals surface area contributed by atoms with Crippen molar-refractivity contribution in [1.29, 1.82) is 0 Å². The highest BCUT2D eigenvalue weighted by atomic mass is 35.5. The third-order valence-electron chi connectivity index (χ3n) is 4.84. The highest BCUT2D eigenvalue weighted by Crippen LogP contribution is 2.23. The van der Waals surface area contributed by atoms with Crippen LogP contribution in [0.1, 0.15) is 35.6 Å². The Balaban J connectivity index is 1.46. The van der Waals surface area contributed by atoms with E-state index < -0.39 is 0 Å². The lowest BCUT2D eigenvalue weighted by Crippen LogP contribution is -2.26. The van der Waals surface area contributed by atoms with Crippen molar-refractivity contribution in [3.8, 4) is 0 Å². The van der Waals surface area contributed by atoms with Gasteiger partial charge in [0.15, 0.2) is 11.5 Å². The number of nitrogens with zero attached hydrogens (tertiary/aromatic N) is 5. The van der Waals surface area contributed by atoms with Crippen molar-refractivity contribution in [2.75, 3.05) is 0 Å². The molecule has 0 aliphatic heterocycles. The fraction of sp³-hybridized carbons (Fsp3) is 0.182. The lowest BCUT2D eigenvalue weighted by atomic mass is 10.2. The molecule has 1 unspecified atom stereocenters. The Hall–Kier alpha value is -3.16. The molecule has 1 aromatic carbocycles. The molecular formula is C22H20Cl2N6O. The van der Waals surface area contributed by atoms with E-state index in [-0.39, 0.29) is 11.9 Å². The maximum absolute atomic E-state index is 12.5. The molecule has 158 valence electrons. The van der Waals surface area contributed by atoms with Crippen LogP contribution in [-0.2, 0) is 11.3 Å². The standard InChI is InChI=1S/C22H20Cl2N6O/c1-14-18(21(24)30(28-14)13-16-6-8-17(23)9-7-16)10-11-20(31)25-15(2)22-27-26-19-5-3-4-12-29(19)22/h3-12,15H,13H2,1-2H3,(H,25,31)/b11-10+. The highest BCUT2D eigenvalue weighted by molar-refractivity contribution is 6.31. The molecular weight excluding hydrogens is 435 g/mol. The fourth-order valence-electron chi connectivity index (χ4n) is 3.26. The Morgan fingerprint density at radius 1 is 1.16 bits per heavy atom. The van der Waals surface area contributed by atoms with Gasteiger partial charge in [-0.25, -0.2) is 4.68 Å². The molecule has 4 aromatic rings. The van der Waals surface area contributed by atoms with E-state index in [0.29, 0.717) is 28.1 Å². The number of nitrogens with one attached hydrogen (secondary N) is 1. The van der Waals surface area contributed by atoms with Gasteiger partial charge in [-0.05, 0) is 49.8 Å². The fourth-order valence-corrected chi connectivity index (χ4v) is 3.69. The van der Waals surface area contributed by atoms with Crippen LogP contribution in [0.5, 0.6) is 0 Å². The minimum Gasteiger partial charge on any atom is -0.343 e. The van der Waals surface area contributed by atoms with Crippen molar-refractivity contribution >= 4 is 40.8 Å². The molecule has 0 aliphatic carbocycles. The predicted molar refractivity (Wildman–Crippen MR) is 121 cm³/mol. The molecule has 0 bridgehead atoms. The van der Waals surface area contributed by atoms with E-state index in [1.807, 2.05) is 66.9 Å². The number of carbonyl (C=O) groups is 1. The first-order valence-corrected chi connectivity index (χ1v) is 10.4. The summed E-state index contributed by atoms with van der Waals surface area (Å²) >= 11 is 12.5. The number of fused-ring (bicyclic) bond motifs is 1. The number of carbonyl (C=O) groups excluding carboxylic acids is 1. The van der Waals surface area contributed by atoms with Gasteiger partial charge in [-0.1, -0.05) is 41.4 Å². The van der Waals surface area contributed by atoms with Crippen molar-refractivity contribution in [3.63, 3.8) is 0 Å². The summed E-state index contributed by atoms with van der Waals surface area (Å²) in [6, 6.07) is 12.8. The number of aromatic nitrogens is 5. The highest BCUT2D eigenvalue weighted by Gasteiger charge is 2.15. The zero-order valence-electron chi connectivity index (χ0n) is 17.0. The molecule has 0 saturated heterocycles. The van der Waals surface area contributed by atoms with Gasteiger partial charge >= 0.3 is 0 Å². The van der Waals surface area contributed by atoms with Gasteiger partial charge < -0.3 is 5.32 Å². The van der Waals surface area contributed by atoms with Crippen molar-refractivity contribution in [1.82, 2.24) is 29.7 Å². The first-order chi connectivity index (χ1) is 14.9. The van der Waals surface area contributed by atoms with Gasteiger partial charge in [0.05, 0.1) is 18.3 Å². The van der Waals surface area contributed by atoms with Crippen LogP contribution < -0.4 is 5.32 Å². The van der Waals surface area contributed by atoms with Crippen molar-refractivity contribution in [2.24, 2.45) is 0 Å². The number of hydrogen-bond donors (Lipinski definition) is 1. The maximum atomic E-state index is 12.5. The Kier molecular flexibility index (Phi) is 6.06. The Bertz CT molecular complexity index is 1260. The van der Waals surface area contributed by atoms with Gasteiger partial charge in [0.1, 0.15) is 5.15 Å². The summed E-state index contributed by atoms with van der Waals surface area (Å²) in [6.45, 7) is 4.22. The third-order valence-corrected chi connectivity index (χ3v) is 5.49. The number of benzene rings is 1. The summed E-state index contributed by atoms with van der Waals surface area (Å²) in [4.78, 5) is 12.5. The number of hydrogen-bond acceptors (Lipinski definition) is 4. The molecule has 31 heavy (non-hydrogen) atoms. The lowest BCUT2D eigenvalue weighted by molar-refractivity contribution is -0.117. The second-order valence-corrected chi connectivity index (χ2v) is 7.92. The molecule has 0 saturated carbocycles. The van der Waals surface area contributed by atoms with E-state index in [1.165, 1.54) is 6.08 Å². The Labute approximate surface area is 189 Å². The monoisotopic (exact) mass is 454 g/mol. The number of pyridine rings is 1. The molecule has 0 spiro atoms. The van der Waals surface area contributed by atoms with Gasteiger partial charge in [-0.2, -0.15) is 5.10 Å². The summed E-state index contributed by atoms with van der Waals surface area (Å²) in [5.41, 5.74) is 3.19. The van der Waals surface area contributed by atoms with E-state index in [9.17, 15) is 4.79 Å². The van der Waals surface area contributed by atoms with Gasteiger partial charge in [0.2, 0.25) is 5.91 Å². The molecule has 9 heteroatoms. The van der Waals surface area contributed by atoms with Crippen LogP contribution in [0.25, 0.3) is 11.7 Å². The minimum atomic E-state index is -0.321. The van der Waals surface area contributed by atoms with Crippen LogP contribution in [0.3, 0.4) is 0 Å². The van der Waals surface area contributed by atoms with Crippen molar-refractivity contribution < 1.29 is 4.79 Å². The number of halogens is 2. The van der Waals surface area contributed by atoms with E-state index in [4.69, 9.17) is 23.2 Å². The van der Waals surface area contributed by atoms with E-state index >= 15 is 0 Å². The number of aryl methyl sites for hydroxylation is 1. The van der Waals surface area contributed by atoms with Gasteiger partial charge in [-0.15, -0.1) is 10.2 Å². The van der Waals surface area contributed by atoms with Crippen LogP contribution in [0.15, 0.2) is 54.7 Å². The zero-order chi connectivity index (χ0) is 22.0. The van der Waals surface area contributed by atoms with E-state index in [1.54, 1.807) is 10.8 Å². The van der Waals surface area contributed by atoms with Crippen LogP contribution in [0.2, 0.25) is 10.2 Å². The van der Waals surface area contributed by atoms with E-state index in [2.05, 4.69) is 20.6 Å². The quantitative estimate of drug-likeness (QED) is 0.435. The molecule has 0 fully saturated rings. The normalized spacial score (nSPS) is 12.5. The molecule has 1 N–H and O–H groups in total.